The minimum absolute atomic E-state index is 0.188. The summed E-state index contributed by atoms with van der Waals surface area (Å²) < 4.78 is 2.28. The summed E-state index contributed by atoms with van der Waals surface area (Å²) in [6.45, 7) is 0.897. The molecule has 1 fully saturated rings. The van der Waals surface area contributed by atoms with Crippen molar-refractivity contribution in [2.45, 2.75) is 50.7 Å². The first-order chi connectivity index (χ1) is 8.24. The minimum atomic E-state index is 0.188. The third-order valence-electron chi connectivity index (χ3n) is 3.94. The number of amides is 1. The standard InChI is InChI=1S/C13H19N3O/c14-11-2-1-3-12-10(11)6-7-16(12)8-9-4-5-13(17)15-9/h6-7,9,11H,1-5,8,14H2,(H,15,17). The van der Waals surface area contributed by atoms with Crippen molar-refractivity contribution in [3.8, 4) is 0 Å². The molecule has 0 bridgehead atoms. The Morgan fingerprint density at radius 1 is 1.41 bits per heavy atom. The number of nitrogens with zero attached hydrogens (tertiary/aromatic N) is 1. The molecule has 17 heavy (non-hydrogen) atoms. The monoisotopic (exact) mass is 233 g/mol. The van der Waals surface area contributed by atoms with Crippen molar-refractivity contribution in [1.29, 1.82) is 0 Å². The van der Waals surface area contributed by atoms with Crippen LogP contribution in [0.3, 0.4) is 0 Å². The molecule has 4 heteroatoms. The Morgan fingerprint density at radius 3 is 3.06 bits per heavy atom. The fourth-order valence-corrected chi connectivity index (χ4v) is 3.02. The Balaban J connectivity index is 1.77. The lowest BCUT2D eigenvalue weighted by Crippen LogP contribution is -2.30. The molecule has 0 saturated carbocycles. The molecule has 1 saturated heterocycles. The number of hydrogen-bond donors (Lipinski definition) is 2. The molecule has 1 amide bonds. The van der Waals surface area contributed by atoms with Gasteiger partial charge >= 0.3 is 0 Å². The predicted molar refractivity (Wildman–Crippen MR) is 65.5 cm³/mol. The van der Waals surface area contributed by atoms with Crippen molar-refractivity contribution in [2.75, 3.05) is 0 Å². The number of carbonyl (C=O) groups excluding carboxylic acids is 1. The van der Waals surface area contributed by atoms with Gasteiger partial charge in [-0.15, -0.1) is 0 Å². The van der Waals surface area contributed by atoms with E-state index in [0.717, 1.165) is 25.8 Å². The summed E-state index contributed by atoms with van der Waals surface area (Å²) in [4.78, 5) is 11.2. The number of rotatable bonds is 2. The van der Waals surface area contributed by atoms with Gasteiger partial charge in [0.05, 0.1) is 0 Å². The van der Waals surface area contributed by atoms with E-state index < -0.39 is 0 Å². The number of hydrogen-bond acceptors (Lipinski definition) is 2. The molecule has 0 spiro atoms. The fourth-order valence-electron chi connectivity index (χ4n) is 3.02. The van der Waals surface area contributed by atoms with Crippen LogP contribution in [0.1, 0.15) is 43.0 Å². The maximum absolute atomic E-state index is 11.2. The lowest BCUT2D eigenvalue weighted by atomic mass is 9.93. The Kier molecular flexibility index (Phi) is 2.67. The highest BCUT2D eigenvalue weighted by atomic mass is 16.1. The average molecular weight is 233 g/mol. The average Bonchev–Trinajstić information content (AvgIpc) is 2.88. The van der Waals surface area contributed by atoms with E-state index in [9.17, 15) is 4.79 Å². The van der Waals surface area contributed by atoms with Crippen molar-refractivity contribution in [3.05, 3.63) is 23.5 Å². The molecule has 1 aromatic rings. The van der Waals surface area contributed by atoms with Gasteiger partial charge in [0.15, 0.2) is 0 Å². The molecule has 4 nitrogen and oxygen atoms in total. The Labute approximate surface area is 101 Å². The Morgan fingerprint density at radius 2 is 2.29 bits per heavy atom. The molecule has 2 atom stereocenters. The molecule has 0 aromatic carbocycles. The van der Waals surface area contributed by atoms with Crippen molar-refractivity contribution in [2.24, 2.45) is 5.73 Å². The maximum atomic E-state index is 11.2. The van der Waals surface area contributed by atoms with Gasteiger partial charge < -0.3 is 15.6 Å². The Hall–Kier alpha value is -1.29. The molecule has 0 radical (unpaired) electrons. The SMILES string of the molecule is NC1CCCc2c1ccn2CC1CCC(=O)N1. The summed E-state index contributed by atoms with van der Waals surface area (Å²) in [6, 6.07) is 2.66. The van der Waals surface area contributed by atoms with E-state index in [0.29, 0.717) is 12.5 Å². The first kappa shape index (κ1) is 10.8. The first-order valence-corrected chi connectivity index (χ1v) is 6.47. The van der Waals surface area contributed by atoms with Crippen LogP contribution in [0.5, 0.6) is 0 Å². The summed E-state index contributed by atoms with van der Waals surface area (Å²) in [7, 11) is 0. The quantitative estimate of drug-likeness (QED) is 0.803. The second-order valence-corrected chi connectivity index (χ2v) is 5.17. The van der Waals surface area contributed by atoms with Crippen LogP contribution < -0.4 is 11.1 Å². The van der Waals surface area contributed by atoms with E-state index in [1.54, 1.807) is 0 Å². The van der Waals surface area contributed by atoms with E-state index in [4.69, 9.17) is 5.73 Å². The van der Waals surface area contributed by atoms with Crippen molar-refractivity contribution >= 4 is 5.91 Å². The molecule has 2 aliphatic rings. The zero-order chi connectivity index (χ0) is 11.8. The highest BCUT2D eigenvalue weighted by Crippen LogP contribution is 2.29. The van der Waals surface area contributed by atoms with E-state index in [2.05, 4.69) is 22.1 Å². The molecule has 2 heterocycles. The van der Waals surface area contributed by atoms with E-state index >= 15 is 0 Å². The predicted octanol–water partition coefficient (Wildman–Crippen LogP) is 1.10. The zero-order valence-corrected chi connectivity index (χ0v) is 9.98. The fraction of sp³-hybridized carbons (Fsp3) is 0.615. The molecule has 2 unspecified atom stereocenters. The minimum Gasteiger partial charge on any atom is -0.352 e. The molecular weight excluding hydrogens is 214 g/mol. The smallest absolute Gasteiger partial charge is 0.220 e. The topological polar surface area (TPSA) is 60.0 Å². The zero-order valence-electron chi connectivity index (χ0n) is 9.98. The molecular formula is C13H19N3O. The van der Waals surface area contributed by atoms with Crippen molar-refractivity contribution in [1.82, 2.24) is 9.88 Å². The van der Waals surface area contributed by atoms with E-state index in [1.807, 2.05) is 0 Å². The van der Waals surface area contributed by atoms with Gasteiger partial charge in [-0.2, -0.15) is 0 Å². The molecule has 3 N–H and O–H groups in total. The van der Waals surface area contributed by atoms with Gasteiger partial charge in [0, 0.05) is 36.9 Å². The van der Waals surface area contributed by atoms with Crippen LogP contribution >= 0.6 is 0 Å². The van der Waals surface area contributed by atoms with Crippen LogP contribution in [0.25, 0.3) is 0 Å². The van der Waals surface area contributed by atoms with Gasteiger partial charge in [-0.1, -0.05) is 0 Å². The van der Waals surface area contributed by atoms with Crippen LogP contribution in [0, 0.1) is 0 Å². The highest BCUT2D eigenvalue weighted by Gasteiger charge is 2.24. The third kappa shape index (κ3) is 1.97. The van der Waals surface area contributed by atoms with E-state index in [-0.39, 0.29) is 11.9 Å². The van der Waals surface area contributed by atoms with Crippen LogP contribution in [0.2, 0.25) is 0 Å². The van der Waals surface area contributed by atoms with Gasteiger partial charge in [-0.05, 0) is 37.3 Å². The van der Waals surface area contributed by atoms with Gasteiger partial charge in [0.25, 0.3) is 0 Å². The molecule has 1 aliphatic carbocycles. The van der Waals surface area contributed by atoms with Crippen LogP contribution in [-0.2, 0) is 17.8 Å². The molecule has 1 aliphatic heterocycles. The number of aromatic nitrogens is 1. The third-order valence-corrected chi connectivity index (χ3v) is 3.94. The summed E-state index contributed by atoms with van der Waals surface area (Å²) in [5, 5.41) is 3.02. The summed E-state index contributed by atoms with van der Waals surface area (Å²) in [5.41, 5.74) is 8.79. The van der Waals surface area contributed by atoms with Gasteiger partial charge in [-0.25, -0.2) is 0 Å². The molecule has 92 valence electrons. The maximum Gasteiger partial charge on any atom is 0.220 e. The van der Waals surface area contributed by atoms with Crippen LogP contribution in [0.4, 0.5) is 0 Å². The number of fused-ring (bicyclic) bond motifs is 1. The van der Waals surface area contributed by atoms with Crippen molar-refractivity contribution < 1.29 is 4.79 Å². The second kappa shape index (κ2) is 4.18. The summed E-state index contributed by atoms with van der Waals surface area (Å²) in [6.07, 6.45) is 7.15. The lowest BCUT2D eigenvalue weighted by molar-refractivity contribution is -0.119. The van der Waals surface area contributed by atoms with Gasteiger partial charge in [0.1, 0.15) is 0 Å². The van der Waals surface area contributed by atoms with Gasteiger partial charge in [-0.3, -0.25) is 4.79 Å². The van der Waals surface area contributed by atoms with E-state index in [1.165, 1.54) is 17.7 Å². The highest BCUT2D eigenvalue weighted by molar-refractivity contribution is 5.78. The summed E-state index contributed by atoms with van der Waals surface area (Å²) >= 11 is 0. The lowest BCUT2D eigenvalue weighted by Gasteiger charge is -2.22. The van der Waals surface area contributed by atoms with Crippen LogP contribution in [-0.4, -0.2) is 16.5 Å². The number of nitrogens with two attached hydrogens (primary N) is 1. The van der Waals surface area contributed by atoms with Crippen LogP contribution in [0.15, 0.2) is 12.3 Å². The normalized spacial score (nSPS) is 27.9. The molecule has 1 aromatic heterocycles. The Bertz CT molecular complexity index is 438. The molecule has 3 rings (SSSR count). The number of nitrogens with one attached hydrogen (secondary N) is 1. The first-order valence-electron chi connectivity index (χ1n) is 6.47. The largest absolute Gasteiger partial charge is 0.352 e. The summed E-state index contributed by atoms with van der Waals surface area (Å²) in [5.74, 6) is 0.188. The second-order valence-electron chi connectivity index (χ2n) is 5.17. The van der Waals surface area contributed by atoms with Crippen molar-refractivity contribution in [3.63, 3.8) is 0 Å². The number of carbonyl (C=O) groups is 1. The van der Waals surface area contributed by atoms with Gasteiger partial charge in [0.2, 0.25) is 5.91 Å².